The molecule has 0 fully saturated rings. The highest BCUT2D eigenvalue weighted by molar-refractivity contribution is 7.73. The van der Waals surface area contributed by atoms with Crippen LogP contribution in [0.3, 0.4) is 0 Å². The van der Waals surface area contributed by atoms with Gasteiger partial charge in [0.25, 0.3) is 0 Å². The van der Waals surface area contributed by atoms with E-state index in [2.05, 4.69) is 73.8 Å². The van der Waals surface area contributed by atoms with Crippen molar-refractivity contribution in [3.05, 3.63) is 60.7 Å². The largest absolute Gasteiger partial charge is 0.168 e. The molecule has 100 valence electrons. The molecule has 0 nitrogen and oxygen atoms in total. The van der Waals surface area contributed by atoms with Gasteiger partial charge in [0, 0.05) is 0 Å². The van der Waals surface area contributed by atoms with Gasteiger partial charge in [-0.05, 0) is 30.7 Å². The molecule has 2 aromatic carbocycles. The van der Waals surface area contributed by atoms with E-state index < -0.39 is 7.38 Å². The van der Waals surface area contributed by atoms with Crippen molar-refractivity contribution in [2.45, 2.75) is 19.1 Å². The van der Waals surface area contributed by atoms with Crippen LogP contribution in [0, 0.1) is 0 Å². The minimum absolute atomic E-state index is 0.265. The molecule has 0 saturated heterocycles. The lowest BCUT2D eigenvalue weighted by molar-refractivity contribution is 1.41. The Labute approximate surface area is 123 Å². The lowest BCUT2D eigenvalue weighted by atomic mass is 10.4. The Hall–Kier alpha value is -0.623. The third-order valence-corrected chi connectivity index (χ3v) is 8.01. The van der Waals surface area contributed by atoms with Gasteiger partial charge in [0.05, 0.1) is 0 Å². The van der Waals surface area contributed by atoms with E-state index in [0.717, 1.165) is 0 Å². The minimum atomic E-state index is -1.50. The first-order valence-corrected chi connectivity index (χ1v) is 12.4. The van der Waals surface area contributed by atoms with Crippen LogP contribution < -0.4 is 10.6 Å². The fourth-order valence-corrected chi connectivity index (χ4v) is 7.66. The van der Waals surface area contributed by atoms with Gasteiger partial charge in [-0.1, -0.05) is 73.8 Å². The van der Waals surface area contributed by atoms with Crippen molar-refractivity contribution < 1.29 is 0 Å². The van der Waals surface area contributed by atoms with E-state index in [9.17, 15) is 0 Å². The van der Waals surface area contributed by atoms with E-state index in [0.29, 0.717) is 0 Å². The van der Waals surface area contributed by atoms with Gasteiger partial charge in [0.1, 0.15) is 0 Å². The Kier molecular flexibility index (Phi) is 5.21. The van der Waals surface area contributed by atoms with Crippen LogP contribution in [-0.2, 0) is 0 Å². The summed E-state index contributed by atoms with van der Waals surface area (Å²) in [5, 5.41) is 2.91. The smallest absolute Gasteiger partial charge is 0.150 e. The molecule has 0 saturated carbocycles. The molecule has 0 heterocycles. The summed E-state index contributed by atoms with van der Waals surface area (Å²) in [6, 6.07) is 22.9. The van der Waals surface area contributed by atoms with Gasteiger partial charge in [-0.2, -0.15) is 11.1 Å². The summed E-state index contributed by atoms with van der Waals surface area (Å²) in [7, 11) is -1.76. The van der Waals surface area contributed by atoms with Crippen LogP contribution in [0.15, 0.2) is 60.7 Å². The molecule has 0 aliphatic heterocycles. The first-order chi connectivity index (χ1) is 9.06. The first kappa shape index (κ1) is 14.8. The molecule has 0 aliphatic carbocycles. The van der Waals surface area contributed by atoms with Crippen LogP contribution in [0.4, 0.5) is 0 Å². The molecule has 0 atom stereocenters. The van der Waals surface area contributed by atoms with Crippen LogP contribution >= 0.6 is 19.0 Å². The molecule has 0 amide bonds. The predicted molar refractivity (Wildman–Crippen MR) is 92.1 cm³/mol. The van der Waals surface area contributed by atoms with E-state index in [4.69, 9.17) is 11.1 Å². The summed E-state index contributed by atoms with van der Waals surface area (Å²) in [6.45, 7) is 4.47. The number of hydrogen-bond acceptors (Lipinski definition) is 0. The Bertz CT molecular complexity index is 454. The second-order valence-corrected chi connectivity index (χ2v) is 14.6. The third-order valence-electron chi connectivity index (χ3n) is 3.07. The van der Waals surface area contributed by atoms with Crippen molar-refractivity contribution in [1.82, 2.24) is 0 Å². The summed E-state index contributed by atoms with van der Waals surface area (Å²) in [4.78, 5) is 0. The number of rotatable bonds is 5. The molecule has 3 heteroatoms. The molecular weight excluding hydrogens is 287 g/mol. The van der Waals surface area contributed by atoms with Crippen molar-refractivity contribution in [3.8, 4) is 0 Å². The highest BCUT2D eigenvalue weighted by atomic mass is 35.6. The van der Waals surface area contributed by atoms with E-state index in [1.165, 1.54) is 22.8 Å². The Morgan fingerprint density at radius 3 is 1.63 bits per heavy atom. The summed E-state index contributed by atoms with van der Waals surface area (Å²) < 4.78 is 0. The van der Waals surface area contributed by atoms with Crippen LogP contribution in [0.25, 0.3) is 0 Å². The molecule has 0 spiro atoms. The number of halogens is 1. The van der Waals surface area contributed by atoms with E-state index in [1.807, 2.05) is 0 Å². The Balaban J connectivity index is 2.24. The van der Waals surface area contributed by atoms with E-state index in [1.54, 1.807) is 0 Å². The first-order valence-electron chi connectivity index (χ1n) is 6.63. The van der Waals surface area contributed by atoms with Crippen LogP contribution in [0.5, 0.6) is 0 Å². The molecule has 0 aliphatic rings. The van der Waals surface area contributed by atoms with Crippen LogP contribution in [0.1, 0.15) is 0 Å². The maximum atomic E-state index is 6.50. The van der Waals surface area contributed by atoms with Gasteiger partial charge >= 0.3 is 0 Å². The average Bonchev–Trinajstić information content (AvgIpc) is 2.40. The fourth-order valence-electron chi connectivity index (χ4n) is 2.00. The minimum Gasteiger partial charge on any atom is -0.168 e. The predicted octanol–water partition coefficient (Wildman–Crippen LogP) is 4.56. The third kappa shape index (κ3) is 4.76. The molecule has 0 aromatic heterocycles. The summed E-state index contributed by atoms with van der Waals surface area (Å²) >= 11 is 6.50. The second kappa shape index (κ2) is 6.70. The van der Waals surface area contributed by atoms with Gasteiger partial charge in [-0.25, -0.2) is 0 Å². The lowest BCUT2D eigenvalue weighted by Crippen LogP contribution is -2.21. The number of hydrogen-bond donors (Lipinski definition) is 0. The molecule has 0 radical (unpaired) electrons. The number of benzene rings is 2. The lowest BCUT2D eigenvalue weighted by Gasteiger charge is -2.21. The normalized spacial score (nSPS) is 11.8. The molecule has 2 aromatic rings. The molecule has 2 rings (SSSR count). The average molecular weight is 307 g/mol. The zero-order valence-electron chi connectivity index (χ0n) is 11.5. The highest BCUT2D eigenvalue weighted by Crippen LogP contribution is 2.36. The summed E-state index contributed by atoms with van der Waals surface area (Å²) in [6.07, 6.45) is 1.20. The SMILES string of the molecule is C[Si](C)(Cl)CCP(c1ccccc1)c1ccccc1. The van der Waals surface area contributed by atoms with Gasteiger partial charge in [0.2, 0.25) is 0 Å². The van der Waals surface area contributed by atoms with E-state index in [-0.39, 0.29) is 7.92 Å². The maximum absolute atomic E-state index is 6.50. The van der Waals surface area contributed by atoms with Gasteiger partial charge in [-0.15, -0.1) is 0 Å². The van der Waals surface area contributed by atoms with Gasteiger partial charge < -0.3 is 0 Å². The van der Waals surface area contributed by atoms with Crippen molar-refractivity contribution in [3.63, 3.8) is 0 Å². The van der Waals surface area contributed by atoms with Crippen LogP contribution in [0.2, 0.25) is 19.1 Å². The molecular formula is C16H20ClPSi. The van der Waals surface area contributed by atoms with Gasteiger partial charge in [-0.3, -0.25) is 0 Å². The quantitative estimate of drug-likeness (QED) is 0.431. The Morgan fingerprint density at radius 2 is 1.26 bits per heavy atom. The van der Waals surface area contributed by atoms with Crippen molar-refractivity contribution in [1.29, 1.82) is 0 Å². The molecule has 0 N–H and O–H groups in total. The maximum Gasteiger partial charge on any atom is 0.150 e. The summed E-state index contributed by atoms with van der Waals surface area (Å²) in [5.74, 6) is 0. The van der Waals surface area contributed by atoms with Crippen LogP contribution in [-0.4, -0.2) is 13.5 Å². The van der Waals surface area contributed by atoms with Gasteiger partial charge in [0.15, 0.2) is 7.38 Å². The standard InChI is InChI=1S/C16H20ClPSi/c1-19(2,17)14-13-18(15-9-5-3-6-10-15)16-11-7-4-8-12-16/h3-12H,13-14H2,1-2H3. The molecule has 0 bridgehead atoms. The zero-order valence-corrected chi connectivity index (χ0v) is 14.2. The Morgan fingerprint density at radius 1 is 0.842 bits per heavy atom. The topological polar surface area (TPSA) is 0 Å². The van der Waals surface area contributed by atoms with E-state index >= 15 is 0 Å². The van der Waals surface area contributed by atoms with Crippen molar-refractivity contribution in [2.75, 3.05) is 6.16 Å². The highest BCUT2D eigenvalue weighted by Gasteiger charge is 2.21. The second-order valence-electron chi connectivity index (χ2n) is 5.29. The van der Waals surface area contributed by atoms with Crippen molar-refractivity contribution >= 4 is 37.0 Å². The molecule has 19 heavy (non-hydrogen) atoms. The van der Waals surface area contributed by atoms with Crippen molar-refractivity contribution in [2.24, 2.45) is 0 Å². The fraction of sp³-hybridized carbons (Fsp3) is 0.250. The summed E-state index contributed by atoms with van der Waals surface area (Å²) in [5.41, 5.74) is 0. The zero-order chi connectivity index (χ0) is 13.7. The molecule has 0 unspecified atom stereocenters. The monoisotopic (exact) mass is 306 g/mol.